The van der Waals surface area contributed by atoms with Gasteiger partial charge in [-0.2, -0.15) is 0 Å². The third-order valence-corrected chi connectivity index (χ3v) is 5.23. The molecule has 2 N–H and O–H groups in total. The average Bonchev–Trinajstić information content (AvgIpc) is 3.10. The fourth-order valence-corrected chi connectivity index (χ4v) is 3.62. The van der Waals surface area contributed by atoms with Crippen LogP contribution in [0.3, 0.4) is 0 Å². The normalized spacial score (nSPS) is 10.6. The van der Waals surface area contributed by atoms with Crippen LogP contribution in [0.5, 0.6) is 0 Å². The van der Waals surface area contributed by atoms with Crippen molar-refractivity contribution in [3.63, 3.8) is 0 Å². The van der Waals surface area contributed by atoms with Crippen LogP contribution in [0.2, 0.25) is 0 Å². The first-order valence-corrected chi connectivity index (χ1v) is 9.97. The third kappa shape index (κ3) is 6.36. The molecular weight excluding hydrogens is 364 g/mol. The predicted molar refractivity (Wildman–Crippen MR) is 108 cm³/mol. The first-order chi connectivity index (χ1) is 13.0. The van der Waals surface area contributed by atoms with Gasteiger partial charge in [0.15, 0.2) is 0 Å². The van der Waals surface area contributed by atoms with Gasteiger partial charge in [0, 0.05) is 23.2 Å². The summed E-state index contributed by atoms with van der Waals surface area (Å²) in [6.45, 7) is 2.92. The van der Waals surface area contributed by atoms with E-state index in [1.807, 2.05) is 31.2 Å². The number of fused-ring (bicyclic) bond motifs is 1. The molecule has 27 heavy (non-hydrogen) atoms. The fourth-order valence-electron chi connectivity index (χ4n) is 2.66. The number of esters is 1. The van der Waals surface area contributed by atoms with Gasteiger partial charge < -0.3 is 14.8 Å². The largest absolute Gasteiger partial charge is 0.478 e. The van der Waals surface area contributed by atoms with E-state index in [0.717, 1.165) is 35.8 Å². The number of hydrogen-bond donors (Lipinski definition) is 2. The Morgan fingerprint density at radius 2 is 1.93 bits per heavy atom. The lowest BCUT2D eigenvalue weighted by atomic mass is 10.1. The van der Waals surface area contributed by atoms with Crippen LogP contribution >= 0.6 is 11.3 Å². The van der Waals surface area contributed by atoms with Crippen molar-refractivity contribution in [3.8, 4) is 0 Å². The maximum Gasteiger partial charge on any atom is 0.305 e. The summed E-state index contributed by atoms with van der Waals surface area (Å²) in [4.78, 5) is 24.0. The Morgan fingerprint density at radius 3 is 2.67 bits per heavy atom. The highest BCUT2D eigenvalue weighted by Gasteiger charge is 2.11. The number of hydrogen-bond acceptors (Lipinski definition) is 6. The molecule has 146 valence electrons. The number of carbonyl (C=O) groups excluding carboxylic acids is 2. The molecule has 1 heterocycles. The van der Waals surface area contributed by atoms with Gasteiger partial charge in [0.25, 0.3) is 5.91 Å². The molecule has 0 aliphatic carbocycles. The zero-order chi connectivity index (χ0) is 19.6. The first-order valence-electron chi connectivity index (χ1n) is 9.15. The van der Waals surface area contributed by atoms with E-state index in [4.69, 9.17) is 10.1 Å². The van der Waals surface area contributed by atoms with Crippen LogP contribution in [0.1, 0.15) is 54.3 Å². The Hall–Kier alpha value is -2.41. The van der Waals surface area contributed by atoms with Crippen molar-refractivity contribution in [1.82, 2.24) is 5.32 Å². The highest BCUT2D eigenvalue weighted by molar-refractivity contribution is 7.20. The number of ether oxygens (including phenoxy) is 2. The Labute approximate surface area is 163 Å². The zero-order valence-electron chi connectivity index (χ0n) is 15.8. The lowest BCUT2D eigenvalue weighted by molar-refractivity contribution is -0.140. The smallest absolute Gasteiger partial charge is 0.305 e. The summed E-state index contributed by atoms with van der Waals surface area (Å²) in [5, 5.41) is 11.7. The molecule has 2 rings (SSSR count). The van der Waals surface area contributed by atoms with E-state index in [-0.39, 0.29) is 17.8 Å². The van der Waals surface area contributed by atoms with Crippen LogP contribution in [0.4, 0.5) is 0 Å². The van der Waals surface area contributed by atoms with E-state index in [0.29, 0.717) is 30.0 Å². The topological polar surface area (TPSA) is 88.5 Å². The number of nitrogens with one attached hydrogen (secondary N) is 2. The number of benzene rings is 1. The van der Waals surface area contributed by atoms with Crippen molar-refractivity contribution in [3.05, 3.63) is 34.7 Å². The summed E-state index contributed by atoms with van der Waals surface area (Å²) in [6, 6.07) is 7.49. The van der Waals surface area contributed by atoms with Crippen LogP contribution in [-0.2, 0) is 14.3 Å². The molecule has 0 aliphatic heterocycles. The molecule has 1 amide bonds. The van der Waals surface area contributed by atoms with Gasteiger partial charge in [0.2, 0.25) is 5.90 Å². The van der Waals surface area contributed by atoms with Crippen molar-refractivity contribution >= 4 is 39.2 Å². The van der Waals surface area contributed by atoms with Crippen molar-refractivity contribution in [2.75, 3.05) is 20.3 Å². The maximum absolute atomic E-state index is 12.3. The van der Waals surface area contributed by atoms with Gasteiger partial charge in [0.1, 0.15) is 0 Å². The van der Waals surface area contributed by atoms with Gasteiger partial charge in [-0.25, -0.2) is 0 Å². The standard InChI is InChI=1S/C20H26N2O4S/c1-3-26-19(21)14-9-10-16-15(12-14)13-17(27-16)20(24)22-11-7-5-4-6-8-18(23)25-2/h9-10,12-13,21H,3-8,11H2,1-2H3,(H,22,24). The van der Waals surface area contributed by atoms with Gasteiger partial charge in [-0.1, -0.05) is 12.8 Å². The fraction of sp³-hybridized carbons (Fsp3) is 0.450. The second kappa shape index (κ2) is 10.7. The first kappa shape index (κ1) is 20.9. The molecule has 1 aromatic carbocycles. The Bertz CT molecular complexity index is 800. The predicted octanol–water partition coefficient (Wildman–Crippen LogP) is 4.12. The monoisotopic (exact) mass is 390 g/mol. The molecule has 2 aromatic rings. The van der Waals surface area contributed by atoms with Gasteiger partial charge in [-0.05, 0) is 49.4 Å². The summed E-state index contributed by atoms with van der Waals surface area (Å²) in [7, 11) is 1.40. The second-order valence-corrected chi connectivity index (χ2v) is 7.21. The van der Waals surface area contributed by atoms with Gasteiger partial charge in [-0.15, -0.1) is 11.3 Å². The van der Waals surface area contributed by atoms with Crippen LogP contribution in [-0.4, -0.2) is 38.0 Å². The number of methoxy groups -OCH3 is 1. The molecule has 0 radical (unpaired) electrons. The molecule has 0 fully saturated rings. The zero-order valence-corrected chi connectivity index (χ0v) is 16.6. The Morgan fingerprint density at radius 1 is 1.15 bits per heavy atom. The number of unbranched alkanes of at least 4 members (excludes halogenated alkanes) is 3. The van der Waals surface area contributed by atoms with Gasteiger partial charge >= 0.3 is 5.97 Å². The molecule has 0 saturated heterocycles. The van der Waals surface area contributed by atoms with Crippen LogP contribution in [0.15, 0.2) is 24.3 Å². The maximum atomic E-state index is 12.3. The van der Waals surface area contributed by atoms with Crippen molar-refractivity contribution < 1.29 is 19.1 Å². The highest BCUT2D eigenvalue weighted by Crippen LogP contribution is 2.27. The summed E-state index contributed by atoms with van der Waals surface area (Å²) in [5.74, 6) is -0.108. The summed E-state index contributed by atoms with van der Waals surface area (Å²) >= 11 is 1.44. The molecule has 0 unspecified atom stereocenters. The third-order valence-electron chi connectivity index (χ3n) is 4.11. The lowest BCUT2D eigenvalue weighted by Crippen LogP contribution is -2.23. The minimum Gasteiger partial charge on any atom is -0.478 e. The van der Waals surface area contributed by atoms with E-state index in [1.165, 1.54) is 18.4 Å². The molecular formula is C20H26N2O4S. The molecule has 0 atom stereocenters. The lowest BCUT2D eigenvalue weighted by Gasteiger charge is -2.04. The van der Waals surface area contributed by atoms with E-state index in [9.17, 15) is 9.59 Å². The number of amides is 1. The number of thiophene rings is 1. The van der Waals surface area contributed by atoms with Crippen LogP contribution in [0.25, 0.3) is 10.1 Å². The van der Waals surface area contributed by atoms with E-state index < -0.39 is 0 Å². The molecule has 1 aromatic heterocycles. The molecule has 6 nitrogen and oxygen atoms in total. The highest BCUT2D eigenvalue weighted by atomic mass is 32.1. The number of rotatable bonds is 10. The summed E-state index contributed by atoms with van der Waals surface area (Å²) in [5.41, 5.74) is 0.709. The van der Waals surface area contributed by atoms with Gasteiger partial charge in [-0.3, -0.25) is 15.0 Å². The van der Waals surface area contributed by atoms with Crippen molar-refractivity contribution in [2.45, 2.75) is 39.0 Å². The number of carbonyl (C=O) groups is 2. The molecule has 0 saturated carbocycles. The van der Waals surface area contributed by atoms with Crippen LogP contribution in [0, 0.1) is 5.41 Å². The minimum absolute atomic E-state index is 0.0767. The summed E-state index contributed by atoms with van der Waals surface area (Å²) in [6.07, 6.45) is 4.06. The van der Waals surface area contributed by atoms with Crippen molar-refractivity contribution in [2.24, 2.45) is 0 Å². The van der Waals surface area contributed by atoms with Crippen LogP contribution < -0.4 is 5.32 Å². The molecule has 0 spiro atoms. The molecule has 0 aliphatic rings. The second-order valence-electron chi connectivity index (χ2n) is 6.12. The van der Waals surface area contributed by atoms with E-state index in [1.54, 1.807) is 0 Å². The average molecular weight is 391 g/mol. The van der Waals surface area contributed by atoms with Crippen molar-refractivity contribution in [1.29, 1.82) is 5.41 Å². The molecule has 0 bridgehead atoms. The molecule has 7 heteroatoms. The Balaban J connectivity index is 1.80. The Kier molecular flexibility index (Phi) is 8.26. The quantitative estimate of drug-likeness (QED) is 0.276. The van der Waals surface area contributed by atoms with E-state index in [2.05, 4.69) is 10.1 Å². The van der Waals surface area contributed by atoms with Gasteiger partial charge in [0.05, 0.1) is 18.6 Å². The summed E-state index contributed by atoms with van der Waals surface area (Å²) < 4.78 is 10.8. The minimum atomic E-state index is -0.174. The van der Waals surface area contributed by atoms with E-state index >= 15 is 0 Å². The SMILES string of the molecule is CCOC(=N)c1ccc2sc(C(=O)NCCCCCCC(=O)OC)cc2c1.